The van der Waals surface area contributed by atoms with Gasteiger partial charge in [0, 0.05) is 32.7 Å². The predicted molar refractivity (Wildman–Crippen MR) is 90.0 cm³/mol. The number of hydrogen-bond acceptors (Lipinski definition) is 1. The number of halogens is 1. The summed E-state index contributed by atoms with van der Waals surface area (Å²) >= 11 is 3.48. The fraction of sp³-hybridized carbons (Fsp3) is 0.167. The van der Waals surface area contributed by atoms with Crippen LogP contribution in [0.3, 0.4) is 0 Å². The van der Waals surface area contributed by atoms with E-state index in [2.05, 4.69) is 33.9 Å². The molecule has 3 heteroatoms. The average molecular weight is 342 g/mol. The fourth-order valence-corrected chi connectivity index (χ4v) is 3.08. The van der Waals surface area contributed by atoms with E-state index in [0.717, 1.165) is 32.9 Å². The van der Waals surface area contributed by atoms with Crippen LogP contribution in [0.4, 0.5) is 0 Å². The van der Waals surface area contributed by atoms with Gasteiger partial charge in [-0.2, -0.15) is 0 Å². The van der Waals surface area contributed by atoms with Gasteiger partial charge in [0.15, 0.2) is 5.78 Å². The number of H-pyrrole nitrogens is 1. The SMILES string of the molecule is CCc1cccc2c(C(=O)c3cc(C)ccc3Br)c[nH]c12. The number of aryl methyl sites for hydroxylation is 2. The highest BCUT2D eigenvalue weighted by molar-refractivity contribution is 9.10. The lowest BCUT2D eigenvalue weighted by Gasteiger charge is -2.05. The predicted octanol–water partition coefficient (Wildman–Crippen LogP) is 5.03. The summed E-state index contributed by atoms with van der Waals surface area (Å²) in [5, 5.41) is 0.993. The number of hydrogen-bond donors (Lipinski definition) is 1. The van der Waals surface area contributed by atoms with Gasteiger partial charge in [-0.05, 0) is 31.0 Å². The standard InChI is InChI=1S/C18H16BrNO/c1-3-12-5-4-6-13-15(10-20-17(12)13)18(21)14-9-11(2)7-8-16(14)19/h4-10,20H,3H2,1-2H3. The van der Waals surface area contributed by atoms with Crippen molar-refractivity contribution in [2.24, 2.45) is 0 Å². The Hall–Kier alpha value is -1.87. The molecule has 21 heavy (non-hydrogen) atoms. The van der Waals surface area contributed by atoms with E-state index >= 15 is 0 Å². The lowest BCUT2D eigenvalue weighted by molar-refractivity contribution is 0.103. The van der Waals surface area contributed by atoms with Crippen molar-refractivity contribution < 1.29 is 4.79 Å². The Labute approximate surface area is 132 Å². The molecule has 0 saturated heterocycles. The number of carbonyl (C=O) groups excluding carboxylic acids is 1. The molecule has 3 rings (SSSR count). The molecule has 0 atom stereocenters. The highest BCUT2D eigenvalue weighted by atomic mass is 79.9. The number of nitrogens with one attached hydrogen (secondary N) is 1. The number of aromatic nitrogens is 1. The van der Waals surface area contributed by atoms with E-state index < -0.39 is 0 Å². The molecule has 0 saturated carbocycles. The van der Waals surface area contributed by atoms with Crippen LogP contribution in [0, 0.1) is 6.92 Å². The van der Waals surface area contributed by atoms with E-state index in [1.54, 1.807) is 0 Å². The van der Waals surface area contributed by atoms with E-state index in [4.69, 9.17) is 0 Å². The van der Waals surface area contributed by atoms with Crippen molar-refractivity contribution in [2.45, 2.75) is 20.3 Å². The Morgan fingerprint density at radius 2 is 2.00 bits per heavy atom. The van der Waals surface area contributed by atoms with Crippen molar-refractivity contribution in [1.29, 1.82) is 0 Å². The Kier molecular flexibility index (Phi) is 3.68. The van der Waals surface area contributed by atoms with Crippen LogP contribution < -0.4 is 0 Å². The highest BCUT2D eigenvalue weighted by Crippen LogP contribution is 2.27. The first-order valence-electron chi connectivity index (χ1n) is 7.01. The summed E-state index contributed by atoms with van der Waals surface area (Å²) in [5.74, 6) is 0.0464. The largest absolute Gasteiger partial charge is 0.360 e. The first kappa shape index (κ1) is 14.1. The highest BCUT2D eigenvalue weighted by Gasteiger charge is 2.17. The first-order chi connectivity index (χ1) is 10.1. The molecule has 0 aliphatic carbocycles. The number of fused-ring (bicyclic) bond motifs is 1. The molecule has 0 aliphatic rings. The molecule has 0 aliphatic heterocycles. The van der Waals surface area contributed by atoms with E-state index in [-0.39, 0.29) is 5.78 Å². The summed E-state index contributed by atoms with van der Waals surface area (Å²) in [6.07, 6.45) is 2.76. The number of ketones is 1. The van der Waals surface area contributed by atoms with Crippen LogP contribution in [0.25, 0.3) is 10.9 Å². The number of benzene rings is 2. The summed E-state index contributed by atoms with van der Waals surface area (Å²) in [6, 6.07) is 11.9. The normalized spacial score (nSPS) is 11.0. The van der Waals surface area contributed by atoms with Crippen molar-refractivity contribution >= 4 is 32.6 Å². The van der Waals surface area contributed by atoms with Crippen LogP contribution in [0.1, 0.15) is 34.0 Å². The monoisotopic (exact) mass is 341 g/mol. The minimum absolute atomic E-state index is 0.0464. The van der Waals surface area contributed by atoms with Crippen molar-refractivity contribution in [3.63, 3.8) is 0 Å². The molecule has 2 aromatic carbocycles. The number of rotatable bonds is 3. The summed E-state index contributed by atoms with van der Waals surface area (Å²) in [5.41, 5.74) is 4.81. The zero-order chi connectivity index (χ0) is 15.0. The molecule has 0 unspecified atom stereocenters. The maximum absolute atomic E-state index is 12.8. The van der Waals surface area contributed by atoms with E-state index in [9.17, 15) is 4.79 Å². The van der Waals surface area contributed by atoms with E-state index in [1.807, 2.05) is 43.5 Å². The molecule has 1 aromatic heterocycles. The average Bonchev–Trinajstić information content (AvgIpc) is 2.93. The van der Waals surface area contributed by atoms with Crippen LogP contribution in [0.15, 0.2) is 47.1 Å². The molecule has 2 nitrogen and oxygen atoms in total. The van der Waals surface area contributed by atoms with Gasteiger partial charge in [0.2, 0.25) is 0 Å². The van der Waals surface area contributed by atoms with Gasteiger partial charge in [-0.15, -0.1) is 0 Å². The van der Waals surface area contributed by atoms with Gasteiger partial charge in [-0.25, -0.2) is 0 Å². The third-order valence-corrected chi connectivity index (χ3v) is 4.49. The second-order valence-corrected chi connectivity index (χ2v) is 6.06. The molecule has 0 radical (unpaired) electrons. The molecule has 1 heterocycles. The smallest absolute Gasteiger partial charge is 0.196 e. The van der Waals surface area contributed by atoms with Crippen LogP contribution in [0.2, 0.25) is 0 Å². The number of aromatic amines is 1. The van der Waals surface area contributed by atoms with Gasteiger partial charge < -0.3 is 4.98 Å². The Balaban J connectivity index is 2.16. The molecule has 1 N–H and O–H groups in total. The Morgan fingerprint density at radius 1 is 1.19 bits per heavy atom. The topological polar surface area (TPSA) is 32.9 Å². The third-order valence-electron chi connectivity index (χ3n) is 3.79. The zero-order valence-electron chi connectivity index (χ0n) is 12.0. The van der Waals surface area contributed by atoms with E-state index in [0.29, 0.717) is 5.56 Å². The van der Waals surface area contributed by atoms with Crippen LogP contribution >= 0.6 is 15.9 Å². The quantitative estimate of drug-likeness (QED) is 0.665. The van der Waals surface area contributed by atoms with Crippen LogP contribution in [0.5, 0.6) is 0 Å². The van der Waals surface area contributed by atoms with Crippen molar-refractivity contribution in [1.82, 2.24) is 4.98 Å². The second-order valence-electron chi connectivity index (χ2n) is 5.21. The lowest BCUT2D eigenvalue weighted by atomic mass is 10.00. The van der Waals surface area contributed by atoms with Crippen molar-refractivity contribution in [3.8, 4) is 0 Å². The van der Waals surface area contributed by atoms with Crippen LogP contribution in [-0.4, -0.2) is 10.8 Å². The summed E-state index contributed by atoms with van der Waals surface area (Å²) in [7, 11) is 0. The van der Waals surface area contributed by atoms with Gasteiger partial charge in [0.1, 0.15) is 0 Å². The van der Waals surface area contributed by atoms with Gasteiger partial charge in [0.05, 0.1) is 0 Å². The molecule has 0 spiro atoms. The Bertz CT molecular complexity index is 832. The molecule has 106 valence electrons. The maximum Gasteiger partial charge on any atom is 0.196 e. The first-order valence-corrected chi connectivity index (χ1v) is 7.81. The number of para-hydroxylation sites is 1. The Morgan fingerprint density at radius 3 is 2.76 bits per heavy atom. The summed E-state index contributed by atoms with van der Waals surface area (Å²) in [6.45, 7) is 4.11. The molecule has 0 fully saturated rings. The lowest BCUT2D eigenvalue weighted by Crippen LogP contribution is -2.02. The van der Waals surface area contributed by atoms with Gasteiger partial charge in [-0.3, -0.25) is 4.79 Å². The van der Waals surface area contributed by atoms with Crippen molar-refractivity contribution in [3.05, 3.63) is 69.3 Å². The molecular weight excluding hydrogens is 326 g/mol. The molecule has 0 bridgehead atoms. The van der Waals surface area contributed by atoms with Crippen LogP contribution in [-0.2, 0) is 6.42 Å². The molecule has 3 aromatic rings. The van der Waals surface area contributed by atoms with E-state index in [1.165, 1.54) is 5.56 Å². The molecular formula is C18H16BrNO. The fourth-order valence-electron chi connectivity index (χ4n) is 2.66. The van der Waals surface area contributed by atoms with Gasteiger partial charge >= 0.3 is 0 Å². The third kappa shape index (κ3) is 2.42. The second kappa shape index (κ2) is 5.49. The zero-order valence-corrected chi connectivity index (χ0v) is 13.6. The van der Waals surface area contributed by atoms with Crippen molar-refractivity contribution in [2.75, 3.05) is 0 Å². The number of carbonyl (C=O) groups is 1. The summed E-state index contributed by atoms with van der Waals surface area (Å²) < 4.78 is 0.832. The minimum atomic E-state index is 0.0464. The molecule has 0 amide bonds. The summed E-state index contributed by atoms with van der Waals surface area (Å²) in [4.78, 5) is 16.1. The van der Waals surface area contributed by atoms with Gasteiger partial charge in [-0.1, -0.05) is 52.7 Å². The van der Waals surface area contributed by atoms with Gasteiger partial charge in [0.25, 0.3) is 0 Å². The minimum Gasteiger partial charge on any atom is -0.360 e. The maximum atomic E-state index is 12.8.